The fourth-order valence-electron chi connectivity index (χ4n) is 12.5. The first-order valence-corrected chi connectivity index (χ1v) is 39.0. The normalized spacial score (nSPS) is 27.7. The second-order valence-electron chi connectivity index (χ2n) is 26.4. The molecule has 0 amide bonds. The van der Waals surface area contributed by atoms with Crippen molar-refractivity contribution in [2.24, 2.45) is 5.92 Å². The highest BCUT2D eigenvalue weighted by atomic mass is 35.5. The van der Waals surface area contributed by atoms with Crippen molar-refractivity contribution in [2.45, 2.75) is 213 Å². The van der Waals surface area contributed by atoms with Crippen molar-refractivity contribution in [3.05, 3.63) is 34.4 Å². The molecular weight excluding hydrogens is 1470 g/mol. The summed E-state index contributed by atoms with van der Waals surface area (Å²) < 4.78 is 126. The number of rotatable bonds is 27. The largest absolute Gasteiger partial charge is 0.387 e. The maximum Gasteiger partial charge on any atom is 0.356 e. The first-order valence-electron chi connectivity index (χ1n) is 32.9. The number of anilines is 3. The minimum absolute atomic E-state index is 0.0445. The predicted molar refractivity (Wildman–Crippen MR) is 354 cm³/mol. The summed E-state index contributed by atoms with van der Waals surface area (Å²) in [4.78, 5) is 82.0. The van der Waals surface area contributed by atoms with E-state index in [9.17, 15) is 67.2 Å². The molecule has 4 aliphatic carbocycles. The highest BCUT2D eigenvalue weighted by Crippen LogP contribution is 2.51. The van der Waals surface area contributed by atoms with Crippen molar-refractivity contribution >= 4 is 108 Å². The Morgan fingerprint density at radius 3 is 1.16 bits per heavy atom. The van der Waals surface area contributed by atoms with Gasteiger partial charge in [0.15, 0.2) is 71.2 Å². The Bertz CT molecular complexity index is 3940. The summed E-state index contributed by atoms with van der Waals surface area (Å²) in [7, 11) is -12.6. The highest BCUT2D eigenvalue weighted by molar-refractivity contribution is 7.53. The number of hydrogen-bond donors (Lipinski definition) is 12. The van der Waals surface area contributed by atoms with Gasteiger partial charge in [-0.15, -0.1) is 0 Å². The molecule has 0 aromatic carbocycles. The van der Waals surface area contributed by atoms with Gasteiger partial charge >= 0.3 is 22.8 Å². The average molecular weight is 1550 g/mol. The molecule has 101 heavy (non-hydrogen) atoms. The number of aromatic nitrogens is 12. The Labute approximate surface area is 590 Å². The smallest absolute Gasteiger partial charge is 0.356 e. The molecule has 0 spiro atoms. The molecule has 7 fully saturated rings. The van der Waals surface area contributed by atoms with E-state index in [1.54, 1.807) is 0 Å². The third kappa shape index (κ3) is 18.6. The van der Waals surface area contributed by atoms with Crippen LogP contribution in [0.5, 0.6) is 0 Å². The number of halogens is 6. The topological polar surface area (TPSA) is 474 Å². The van der Waals surface area contributed by atoms with E-state index >= 15 is 4.39 Å². The molecule has 0 bridgehead atoms. The molecule has 6 aromatic rings. The SMILES string of the molecule is CC(C)(OC[C@H]1O[C@@H](n2ncc3c(NC4CCCC4)nc(Cl)nc32)[C@@H](F)[C@@H]1O)P(=O)(O)O.COCC(OC[C@H]1O[C@@H](n2ncc3c(NC4CCCC4)nc(Cl)nc32)[C@@H](F)[C@@H]1O)P(=O)(O)O.O=P(O)(O)C(COCC1CC1)OC[C@H]1O[C@@H](n2ncc3c(NC4CCCC4)nc(Cl)nc32)[C@@H](F)[C@@H]1O. The summed E-state index contributed by atoms with van der Waals surface area (Å²) in [6.07, 6.45) is 1.09. The summed E-state index contributed by atoms with van der Waals surface area (Å²) >= 11 is 18.3. The number of fused-ring (bicyclic) bond motifs is 3. The summed E-state index contributed by atoms with van der Waals surface area (Å²) in [6.45, 7) is 0.750. The molecule has 44 heteroatoms. The van der Waals surface area contributed by atoms with E-state index in [4.69, 9.17) is 72.7 Å². The molecule has 3 aliphatic heterocycles. The summed E-state index contributed by atoms with van der Waals surface area (Å²) in [5.74, 6) is -1.24. The second-order valence-corrected chi connectivity index (χ2v) is 33.1. The Hall–Kier alpha value is -4.28. The number of methoxy groups -OCH3 is 1. The van der Waals surface area contributed by atoms with Gasteiger partial charge in [-0.2, -0.15) is 45.2 Å². The molecule has 562 valence electrons. The quantitative estimate of drug-likeness (QED) is 0.0198. The van der Waals surface area contributed by atoms with E-state index in [1.807, 2.05) is 0 Å². The van der Waals surface area contributed by atoms with Gasteiger partial charge < -0.3 is 98.5 Å². The van der Waals surface area contributed by atoms with Crippen LogP contribution in [0.4, 0.5) is 30.6 Å². The third-order valence-electron chi connectivity index (χ3n) is 18.6. The highest BCUT2D eigenvalue weighted by Gasteiger charge is 2.51. The Morgan fingerprint density at radius 2 is 0.851 bits per heavy atom. The lowest BCUT2D eigenvalue weighted by Gasteiger charge is -2.28. The van der Waals surface area contributed by atoms with Crippen molar-refractivity contribution < 1.29 is 109 Å². The second kappa shape index (κ2) is 32.8. The molecular formula is C57H82Cl3F3N15O20P3. The number of hydrogen-bond acceptors (Lipinski definition) is 26. The van der Waals surface area contributed by atoms with E-state index in [-0.39, 0.29) is 64.1 Å². The van der Waals surface area contributed by atoms with Crippen LogP contribution in [0.2, 0.25) is 15.9 Å². The number of ether oxygens (including phenoxy) is 8. The van der Waals surface area contributed by atoms with Gasteiger partial charge in [0.1, 0.15) is 54.1 Å². The summed E-state index contributed by atoms with van der Waals surface area (Å²) in [5.41, 5.74) is 0.699. The van der Waals surface area contributed by atoms with Crippen LogP contribution < -0.4 is 16.0 Å². The zero-order valence-corrected chi connectivity index (χ0v) is 59.7. The first kappa shape index (κ1) is 77.8. The van der Waals surface area contributed by atoms with Crippen LogP contribution in [0.25, 0.3) is 33.1 Å². The minimum Gasteiger partial charge on any atom is -0.387 e. The van der Waals surface area contributed by atoms with Crippen LogP contribution in [0.1, 0.15) is 122 Å². The molecule has 12 N–H and O–H groups in total. The van der Waals surface area contributed by atoms with Crippen LogP contribution in [0.3, 0.4) is 0 Å². The Balaban J connectivity index is 0.000000153. The molecule has 7 aliphatic rings. The maximum absolute atomic E-state index is 15.1. The Morgan fingerprint density at radius 1 is 0.525 bits per heavy atom. The number of aliphatic hydroxyl groups is 3. The van der Waals surface area contributed by atoms with Crippen molar-refractivity contribution in [3.8, 4) is 0 Å². The zero-order valence-electron chi connectivity index (χ0n) is 54.8. The van der Waals surface area contributed by atoms with Crippen molar-refractivity contribution in [1.29, 1.82) is 0 Å². The van der Waals surface area contributed by atoms with Gasteiger partial charge in [0, 0.05) is 31.8 Å². The summed E-state index contributed by atoms with van der Waals surface area (Å²) in [6, 6.07) is 0.749. The maximum atomic E-state index is 15.1. The van der Waals surface area contributed by atoms with E-state index in [0.717, 1.165) is 89.9 Å². The lowest BCUT2D eigenvalue weighted by molar-refractivity contribution is -0.0894. The van der Waals surface area contributed by atoms with Gasteiger partial charge in [-0.05, 0) is 106 Å². The van der Waals surface area contributed by atoms with Gasteiger partial charge in [-0.25, -0.2) is 27.2 Å². The summed E-state index contributed by atoms with van der Waals surface area (Å²) in [5, 5.41) is 53.4. The average Bonchev–Trinajstić information content (AvgIpc) is 1.63. The first-order chi connectivity index (χ1) is 47.9. The number of nitrogens with one attached hydrogen (secondary N) is 3. The molecule has 14 atom stereocenters. The molecule has 2 unspecified atom stereocenters. The molecule has 35 nitrogen and oxygen atoms in total. The number of alkyl halides is 3. The molecule has 0 radical (unpaired) electrons. The van der Waals surface area contributed by atoms with Crippen LogP contribution in [-0.4, -0.2) is 241 Å². The van der Waals surface area contributed by atoms with Crippen molar-refractivity contribution in [1.82, 2.24) is 59.2 Å². The van der Waals surface area contributed by atoms with E-state index < -0.39 is 133 Å². The van der Waals surface area contributed by atoms with E-state index in [0.29, 0.717) is 46.1 Å². The van der Waals surface area contributed by atoms with Crippen LogP contribution in [0.15, 0.2) is 18.6 Å². The van der Waals surface area contributed by atoms with Crippen LogP contribution in [0, 0.1) is 5.92 Å². The number of aliphatic hydroxyl groups excluding tert-OH is 3. The van der Waals surface area contributed by atoms with Gasteiger partial charge in [-0.1, -0.05) is 38.5 Å². The van der Waals surface area contributed by atoms with Gasteiger partial charge in [0.2, 0.25) is 15.9 Å². The molecule has 13 rings (SSSR count). The zero-order chi connectivity index (χ0) is 72.5. The third-order valence-corrected chi connectivity index (χ3v) is 22.7. The molecule has 9 heterocycles. The van der Waals surface area contributed by atoms with Crippen LogP contribution >= 0.6 is 57.6 Å². The lowest BCUT2D eigenvalue weighted by Crippen LogP contribution is -2.35. The van der Waals surface area contributed by atoms with Gasteiger partial charge in [-0.3, -0.25) is 13.7 Å². The standard InChI is InChI=1S/C21H30ClFN5O7P.C18H26ClFN5O7P.C18H26ClFN5O6P/c22-21-26-18(25-12-3-1-2-4-12)13-7-24-28(19(13)27-21)20-16(23)17(29)14(35-20)9-34-15(36(30,31)32)10-33-8-11-5-6-11;1-30-8-12(33(27,28)29)31-7-11-14(26)13(20)17(32-11)25-16-10(6-21-25)15(23-18(19)24-16)22-9-4-2-3-5-9;1-18(2,32(27,28)29)30-8-11-13(26)12(20)16(31-11)25-15-10(7-21-25)14(23-17(19)24-15)22-9-5-3-4-6-9/h7,11-12,14-17,20,29H,1-6,8-10H2,(H,25,26,27)(H2,30,31,32);6,9,11-14,17,26H,2-5,7-8H2,1H3,(H,22,23,24)(H2,27,28,29);7,9,11-13,16,26H,3-6,8H2,1-2H3,(H,22,23,24)(H2,27,28,29)/t14-,15?,16+,17-,20-;11-,12?,13+,14-,17-;11-,12+,13-,16-/m111/s1. The fraction of sp³-hybridized carbons (Fsp3) is 0.737. The van der Waals surface area contributed by atoms with Crippen molar-refractivity contribution in [3.63, 3.8) is 0 Å². The molecule has 6 aromatic heterocycles. The van der Waals surface area contributed by atoms with Crippen molar-refractivity contribution in [2.75, 3.05) is 62.7 Å². The van der Waals surface area contributed by atoms with Gasteiger partial charge in [0.05, 0.1) is 67.8 Å². The Kier molecular flexibility index (Phi) is 25.3. The minimum atomic E-state index is -4.66. The predicted octanol–water partition coefficient (Wildman–Crippen LogP) is 6.34. The van der Waals surface area contributed by atoms with Crippen LogP contribution in [-0.2, 0) is 51.6 Å². The van der Waals surface area contributed by atoms with E-state index in [2.05, 4.69) is 61.2 Å². The molecule has 3 saturated heterocycles. The van der Waals surface area contributed by atoms with Gasteiger partial charge in [0.25, 0.3) is 0 Å². The fourth-order valence-corrected chi connectivity index (χ4v) is 14.5. The lowest BCUT2D eigenvalue weighted by atomic mass is 10.1. The number of nitrogens with zero attached hydrogens (tertiary/aromatic N) is 12. The van der Waals surface area contributed by atoms with E-state index in [1.165, 1.54) is 53.6 Å². The molecule has 4 saturated carbocycles. The monoisotopic (exact) mass is 1550 g/mol.